The van der Waals surface area contributed by atoms with Gasteiger partial charge in [0, 0.05) is 6.04 Å². The van der Waals surface area contributed by atoms with E-state index in [1.165, 1.54) is 0 Å². The van der Waals surface area contributed by atoms with Crippen LogP contribution in [-0.4, -0.2) is 13.5 Å². The van der Waals surface area contributed by atoms with Gasteiger partial charge in [0.25, 0.3) is 0 Å². The predicted octanol–water partition coefficient (Wildman–Crippen LogP) is 0.232. The Balaban J connectivity index is 3.58. The molecule has 0 aromatic rings. The maximum absolute atomic E-state index is 5.60. The summed E-state index contributed by atoms with van der Waals surface area (Å²) in [6.45, 7) is 6.28. The molecule has 0 spiro atoms. The molecule has 0 amide bonds. The first-order chi connectivity index (χ1) is 3.98. The van der Waals surface area contributed by atoms with Crippen molar-refractivity contribution >= 4 is 7.41 Å². The van der Waals surface area contributed by atoms with Crippen LogP contribution in [0.5, 0.6) is 0 Å². The first-order valence-electron chi connectivity index (χ1n) is 3.43. The quantitative estimate of drug-likeness (QED) is 0.534. The van der Waals surface area contributed by atoms with Crippen LogP contribution < -0.4 is 11.4 Å². The molecule has 0 heterocycles. The molecule has 0 bridgehead atoms. The molecule has 1 atom stereocenters. The monoisotopic (exact) mass is 128 g/mol. The van der Waals surface area contributed by atoms with Gasteiger partial charge in [0.05, 0.1) is 0 Å². The molecule has 0 aromatic carbocycles. The van der Waals surface area contributed by atoms with Crippen molar-refractivity contribution in [3.05, 3.63) is 0 Å². The average Bonchev–Trinajstić information content (AvgIpc) is 1.63. The minimum absolute atomic E-state index is 0.216. The minimum atomic E-state index is 0.216. The maximum atomic E-state index is 5.60. The highest BCUT2D eigenvalue weighted by Crippen LogP contribution is 2.26. The Kier molecular flexibility index (Phi) is 3.22. The van der Waals surface area contributed by atoms with Gasteiger partial charge in [-0.15, -0.1) is 0 Å². The first-order valence-corrected chi connectivity index (χ1v) is 3.43. The summed E-state index contributed by atoms with van der Waals surface area (Å²) in [6.07, 6.45) is 1.00. The highest BCUT2D eigenvalue weighted by Gasteiger charge is 2.18. The highest BCUT2D eigenvalue weighted by molar-refractivity contribution is 6.35. The van der Waals surface area contributed by atoms with Crippen LogP contribution in [0, 0.1) is 0 Å². The molecule has 0 saturated heterocycles. The molecule has 0 aliphatic rings. The van der Waals surface area contributed by atoms with Crippen LogP contribution in [-0.2, 0) is 0 Å². The Morgan fingerprint density at radius 2 is 2.00 bits per heavy atom. The van der Waals surface area contributed by atoms with Gasteiger partial charge in [-0.3, -0.25) is 0 Å². The van der Waals surface area contributed by atoms with Crippen LogP contribution in [0.1, 0.15) is 27.2 Å². The normalized spacial score (nSPS) is 15.2. The van der Waals surface area contributed by atoms with E-state index < -0.39 is 0 Å². The molecule has 54 valence electrons. The van der Waals surface area contributed by atoms with Crippen LogP contribution in [0.15, 0.2) is 0 Å². The van der Waals surface area contributed by atoms with Crippen molar-refractivity contribution in [3.63, 3.8) is 0 Å². The van der Waals surface area contributed by atoms with E-state index in [9.17, 15) is 0 Å². The SMILES string of the molecule is CC(N)CC(C)(C)BN. The van der Waals surface area contributed by atoms with E-state index in [0.717, 1.165) is 6.42 Å². The second kappa shape index (κ2) is 3.23. The molecule has 0 aromatic heterocycles. The van der Waals surface area contributed by atoms with Crippen LogP contribution in [0.25, 0.3) is 0 Å². The van der Waals surface area contributed by atoms with Crippen molar-refractivity contribution in [3.8, 4) is 0 Å². The zero-order valence-corrected chi connectivity index (χ0v) is 6.65. The summed E-state index contributed by atoms with van der Waals surface area (Å²) in [5, 5.41) is 0.216. The van der Waals surface area contributed by atoms with E-state index in [1.54, 1.807) is 0 Å². The summed E-state index contributed by atoms with van der Waals surface area (Å²) in [6, 6.07) is 0.267. The summed E-state index contributed by atoms with van der Waals surface area (Å²) < 4.78 is 0. The van der Waals surface area contributed by atoms with Crippen molar-refractivity contribution in [1.82, 2.24) is 0 Å². The standard InChI is InChI=1S/C6H17BN2/c1-5(8)4-6(2,3)7-9/h5,7H,4,8-9H2,1-3H3. The average molecular weight is 128 g/mol. The van der Waals surface area contributed by atoms with Crippen LogP contribution in [0.2, 0.25) is 5.31 Å². The summed E-state index contributed by atoms with van der Waals surface area (Å²) in [5.41, 5.74) is 11.1. The Bertz CT molecular complexity index is 81.1. The molecule has 0 rings (SSSR count). The van der Waals surface area contributed by atoms with E-state index >= 15 is 0 Å². The third-order valence-corrected chi connectivity index (χ3v) is 1.43. The van der Waals surface area contributed by atoms with Gasteiger partial charge in [0.1, 0.15) is 0 Å². The lowest BCUT2D eigenvalue weighted by atomic mass is 9.61. The second-order valence-electron chi connectivity index (χ2n) is 3.55. The third kappa shape index (κ3) is 4.49. The minimum Gasteiger partial charge on any atom is -0.372 e. The van der Waals surface area contributed by atoms with Gasteiger partial charge >= 0.3 is 0 Å². The summed E-state index contributed by atoms with van der Waals surface area (Å²) >= 11 is 0. The molecule has 0 aliphatic carbocycles. The number of nitrogens with two attached hydrogens (primary N) is 2. The molecule has 0 radical (unpaired) electrons. The third-order valence-electron chi connectivity index (χ3n) is 1.43. The van der Waals surface area contributed by atoms with Crippen molar-refractivity contribution < 1.29 is 0 Å². The van der Waals surface area contributed by atoms with Gasteiger partial charge in [-0.25, -0.2) is 0 Å². The molecule has 0 fully saturated rings. The lowest BCUT2D eigenvalue weighted by Crippen LogP contribution is -2.28. The molecule has 0 aliphatic heterocycles. The van der Waals surface area contributed by atoms with Gasteiger partial charge in [-0.05, 0) is 18.7 Å². The van der Waals surface area contributed by atoms with E-state index in [4.69, 9.17) is 11.4 Å². The van der Waals surface area contributed by atoms with Crippen LogP contribution in [0.3, 0.4) is 0 Å². The van der Waals surface area contributed by atoms with E-state index in [2.05, 4.69) is 13.8 Å². The molecule has 2 nitrogen and oxygen atoms in total. The van der Waals surface area contributed by atoms with E-state index in [-0.39, 0.29) is 11.4 Å². The zero-order chi connectivity index (χ0) is 7.49. The Morgan fingerprint density at radius 1 is 1.56 bits per heavy atom. The smallest absolute Gasteiger partial charge is 0.204 e. The largest absolute Gasteiger partial charge is 0.372 e. The van der Waals surface area contributed by atoms with Crippen molar-refractivity contribution in [2.45, 2.75) is 38.5 Å². The number of hydrogen-bond acceptors (Lipinski definition) is 2. The van der Waals surface area contributed by atoms with Gasteiger partial charge in [0.2, 0.25) is 7.41 Å². The fourth-order valence-corrected chi connectivity index (χ4v) is 0.955. The Labute approximate surface area is 58.3 Å². The molecular weight excluding hydrogens is 111 g/mol. The van der Waals surface area contributed by atoms with Crippen molar-refractivity contribution in [1.29, 1.82) is 0 Å². The predicted molar refractivity (Wildman–Crippen MR) is 43.6 cm³/mol. The topological polar surface area (TPSA) is 52.0 Å². The van der Waals surface area contributed by atoms with Gasteiger partial charge in [-0.2, -0.15) is 0 Å². The van der Waals surface area contributed by atoms with E-state index in [0.29, 0.717) is 7.41 Å². The fraction of sp³-hybridized carbons (Fsp3) is 1.00. The summed E-state index contributed by atoms with van der Waals surface area (Å²) in [7, 11) is 0.717. The molecule has 0 saturated carbocycles. The molecular formula is C6H17BN2. The second-order valence-corrected chi connectivity index (χ2v) is 3.55. The lowest BCUT2D eigenvalue weighted by Gasteiger charge is -2.22. The zero-order valence-electron chi connectivity index (χ0n) is 6.65. The van der Waals surface area contributed by atoms with Gasteiger partial charge in [0.15, 0.2) is 0 Å². The van der Waals surface area contributed by atoms with Gasteiger partial charge in [-0.1, -0.05) is 13.8 Å². The Morgan fingerprint density at radius 3 is 2.11 bits per heavy atom. The van der Waals surface area contributed by atoms with Crippen LogP contribution in [0.4, 0.5) is 0 Å². The number of hydrogen-bond donors (Lipinski definition) is 2. The van der Waals surface area contributed by atoms with Gasteiger partial charge < -0.3 is 11.4 Å². The first kappa shape index (κ1) is 8.98. The lowest BCUT2D eigenvalue weighted by molar-refractivity contribution is 0.533. The number of rotatable bonds is 3. The molecule has 3 heteroatoms. The van der Waals surface area contributed by atoms with Crippen LogP contribution >= 0.6 is 0 Å². The summed E-state index contributed by atoms with van der Waals surface area (Å²) in [5.74, 6) is 0. The van der Waals surface area contributed by atoms with Crippen molar-refractivity contribution in [2.24, 2.45) is 11.4 Å². The maximum Gasteiger partial charge on any atom is 0.204 e. The van der Waals surface area contributed by atoms with Crippen molar-refractivity contribution in [2.75, 3.05) is 0 Å². The molecule has 9 heavy (non-hydrogen) atoms. The highest BCUT2D eigenvalue weighted by atomic mass is 14.6. The van der Waals surface area contributed by atoms with E-state index in [1.807, 2.05) is 6.92 Å². The molecule has 4 N–H and O–H groups in total. The summed E-state index contributed by atoms with van der Waals surface area (Å²) in [4.78, 5) is 0. The fourth-order valence-electron chi connectivity index (χ4n) is 0.955. The Hall–Kier alpha value is -0.0151. The molecule has 1 unspecified atom stereocenters.